The van der Waals surface area contributed by atoms with Crippen LogP contribution in [0.15, 0.2) is 42.5 Å². The molecule has 2 N–H and O–H groups in total. The predicted octanol–water partition coefficient (Wildman–Crippen LogP) is 3.95. The summed E-state index contributed by atoms with van der Waals surface area (Å²) in [5.41, 5.74) is 1.54. The van der Waals surface area contributed by atoms with Gasteiger partial charge >= 0.3 is 0 Å². The van der Waals surface area contributed by atoms with Crippen LogP contribution in [0, 0.1) is 10.1 Å². The minimum Gasteiger partial charge on any atom is -0.350 e. The molecule has 7 heteroatoms. The monoisotopic (exact) mass is 305 g/mol. The molecule has 0 aliphatic heterocycles. The number of rotatable bonds is 4. The van der Waals surface area contributed by atoms with E-state index in [1.165, 1.54) is 25.1 Å². The summed E-state index contributed by atoms with van der Waals surface area (Å²) < 4.78 is 0. The highest BCUT2D eigenvalue weighted by Gasteiger charge is 2.14. The number of hydrogen-bond donors (Lipinski definition) is 2. The van der Waals surface area contributed by atoms with Crippen molar-refractivity contribution in [1.29, 1.82) is 0 Å². The van der Waals surface area contributed by atoms with E-state index in [1.54, 1.807) is 24.3 Å². The summed E-state index contributed by atoms with van der Waals surface area (Å²) in [5, 5.41) is 16.9. The largest absolute Gasteiger partial charge is 0.350 e. The molecule has 2 aromatic rings. The maximum Gasteiger partial charge on any atom is 0.292 e. The Bertz CT molecular complexity index is 686. The fourth-order valence-corrected chi connectivity index (χ4v) is 1.94. The van der Waals surface area contributed by atoms with E-state index in [0.29, 0.717) is 22.1 Å². The minimum absolute atomic E-state index is 0.0645. The van der Waals surface area contributed by atoms with E-state index in [2.05, 4.69) is 10.6 Å². The highest BCUT2D eigenvalue weighted by atomic mass is 35.5. The molecule has 2 aromatic carbocycles. The third-order valence-electron chi connectivity index (χ3n) is 2.64. The first-order valence-electron chi connectivity index (χ1n) is 6.04. The van der Waals surface area contributed by atoms with Crippen molar-refractivity contribution in [2.24, 2.45) is 0 Å². The van der Waals surface area contributed by atoms with Crippen molar-refractivity contribution in [2.45, 2.75) is 6.92 Å². The van der Waals surface area contributed by atoms with Gasteiger partial charge < -0.3 is 10.6 Å². The molecule has 21 heavy (non-hydrogen) atoms. The SMILES string of the molecule is CC(=O)Nc1ccc(Nc2cc(Cl)ccc2[N+](=O)[O-])cc1. The zero-order valence-corrected chi connectivity index (χ0v) is 11.8. The number of carbonyl (C=O) groups excluding carboxylic acids is 1. The summed E-state index contributed by atoms with van der Waals surface area (Å²) in [6, 6.07) is 11.1. The molecule has 0 saturated carbocycles. The van der Waals surface area contributed by atoms with Crippen molar-refractivity contribution < 1.29 is 9.72 Å². The van der Waals surface area contributed by atoms with Gasteiger partial charge in [-0.2, -0.15) is 0 Å². The molecule has 0 aliphatic rings. The van der Waals surface area contributed by atoms with Crippen molar-refractivity contribution in [2.75, 3.05) is 10.6 Å². The molecule has 0 atom stereocenters. The van der Waals surface area contributed by atoms with Crippen LogP contribution < -0.4 is 10.6 Å². The van der Waals surface area contributed by atoms with Crippen LogP contribution in [-0.2, 0) is 4.79 Å². The molecule has 0 unspecified atom stereocenters. The summed E-state index contributed by atoms with van der Waals surface area (Å²) in [6.07, 6.45) is 0. The Morgan fingerprint density at radius 1 is 1.14 bits per heavy atom. The van der Waals surface area contributed by atoms with Crippen molar-refractivity contribution in [1.82, 2.24) is 0 Å². The first-order valence-corrected chi connectivity index (χ1v) is 6.42. The Balaban J connectivity index is 2.23. The van der Waals surface area contributed by atoms with E-state index in [1.807, 2.05) is 0 Å². The quantitative estimate of drug-likeness (QED) is 0.661. The second-order valence-electron chi connectivity index (χ2n) is 4.30. The number of nitrogens with one attached hydrogen (secondary N) is 2. The minimum atomic E-state index is -0.482. The first kappa shape index (κ1) is 14.8. The number of anilines is 3. The fourth-order valence-electron chi connectivity index (χ4n) is 1.76. The van der Waals surface area contributed by atoms with E-state index >= 15 is 0 Å². The third-order valence-corrected chi connectivity index (χ3v) is 2.87. The average molecular weight is 306 g/mol. The zero-order chi connectivity index (χ0) is 15.4. The van der Waals surface area contributed by atoms with Crippen molar-refractivity contribution >= 4 is 40.3 Å². The molecule has 0 spiro atoms. The number of hydrogen-bond acceptors (Lipinski definition) is 4. The molecular weight excluding hydrogens is 294 g/mol. The molecule has 6 nitrogen and oxygen atoms in total. The van der Waals surface area contributed by atoms with E-state index < -0.39 is 4.92 Å². The van der Waals surface area contributed by atoms with E-state index in [0.717, 1.165) is 0 Å². The summed E-state index contributed by atoms with van der Waals surface area (Å²) in [6.45, 7) is 1.42. The van der Waals surface area contributed by atoms with Gasteiger partial charge in [0, 0.05) is 29.4 Å². The first-order chi connectivity index (χ1) is 9.95. The van der Waals surface area contributed by atoms with Crippen LogP contribution in [0.3, 0.4) is 0 Å². The predicted molar refractivity (Wildman–Crippen MR) is 82.1 cm³/mol. The molecule has 0 bridgehead atoms. The number of carbonyl (C=O) groups is 1. The summed E-state index contributed by atoms with van der Waals surface area (Å²) >= 11 is 5.86. The number of nitro groups is 1. The molecule has 0 aromatic heterocycles. The van der Waals surface area contributed by atoms with Crippen LogP contribution in [0.5, 0.6) is 0 Å². The average Bonchev–Trinajstić information content (AvgIpc) is 2.40. The lowest BCUT2D eigenvalue weighted by atomic mass is 10.2. The van der Waals surface area contributed by atoms with Crippen LogP contribution in [0.2, 0.25) is 5.02 Å². The second kappa shape index (κ2) is 6.23. The number of benzene rings is 2. The Kier molecular flexibility index (Phi) is 4.39. The lowest BCUT2D eigenvalue weighted by Gasteiger charge is -2.09. The fraction of sp³-hybridized carbons (Fsp3) is 0.0714. The molecule has 0 saturated heterocycles. The van der Waals surface area contributed by atoms with Gasteiger partial charge in [-0.15, -0.1) is 0 Å². The lowest BCUT2D eigenvalue weighted by Crippen LogP contribution is -2.05. The van der Waals surface area contributed by atoms with Crippen molar-refractivity contribution in [3.8, 4) is 0 Å². The Morgan fingerprint density at radius 2 is 1.76 bits per heavy atom. The molecule has 0 fully saturated rings. The topological polar surface area (TPSA) is 84.3 Å². The van der Waals surface area contributed by atoms with Crippen molar-refractivity contribution in [3.05, 3.63) is 57.6 Å². The molecule has 0 radical (unpaired) electrons. The molecule has 0 aliphatic carbocycles. The van der Waals surface area contributed by atoms with Crippen LogP contribution in [0.25, 0.3) is 0 Å². The van der Waals surface area contributed by atoms with Crippen LogP contribution in [-0.4, -0.2) is 10.8 Å². The number of nitro benzene ring substituents is 1. The van der Waals surface area contributed by atoms with Crippen molar-refractivity contribution in [3.63, 3.8) is 0 Å². The third kappa shape index (κ3) is 3.93. The summed E-state index contributed by atoms with van der Waals surface area (Å²) in [7, 11) is 0. The van der Waals surface area contributed by atoms with Gasteiger partial charge in [0.2, 0.25) is 5.91 Å². The molecule has 108 valence electrons. The van der Waals surface area contributed by atoms with Gasteiger partial charge in [0.1, 0.15) is 5.69 Å². The van der Waals surface area contributed by atoms with Gasteiger partial charge in [0.25, 0.3) is 5.69 Å². The zero-order valence-electron chi connectivity index (χ0n) is 11.1. The van der Waals surface area contributed by atoms with Gasteiger partial charge in [-0.25, -0.2) is 0 Å². The standard InChI is InChI=1S/C14H12ClN3O3/c1-9(19)16-11-3-5-12(6-4-11)17-13-8-10(15)2-7-14(13)18(20)21/h2-8,17H,1H3,(H,16,19). The molecule has 2 rings (SSSR count). The molecule has 1 amide bonds. The van der Waals surface area contributed by atoms with E-state index in [4.69, 9.17) is 11.6 Å². The smallest absolute Gasteiger partial charge is 0.292 e. The van der Waals surface area contributed by atoms with Gasteiger partial charge in [0.15, 0.2) is 0 Å². The molecular formula is C14H12ClN3O3. The van der Waals surface area contributed by atoms with E-state index in [-0.39, 0.29) is 11.6 Å². The molecule has 0 heterocycles. The highest BCUT2D eigenvalue weighted by Crippen LogP contribution is 2.30. The maximum atomic E-state index is 11.0. The normalized spacial score (nSPS) is 10.0. The summed E-state index contributed by atoms with van der Waals surface area (Å²) in [4.78, 5) is 21.4. The van der Waals surface area contributed by atoms with Gasteiger partial charge in [-0.3, -0.25) is 14.9 Å². The van der Waals surface area contributed by atoms with Gasteiger partial charge in [-0.05, 0) is 36.4 Å². The Hall–Kier alpha value is -2.60. The summed E-state index contributed by atoms with van der Waals surface area (Å²) in [5.74, 6) is -0.166. The van der Waals surface area contributed by atoms with Gasteiger partial charge in [-0.1, -0.05) is 11.6 Å². The number of amides is 1. The second-order valence-corrected chi connectivity index (χ2v) is 4.74. The highest BCUT2D eigenvalue weighted by molar-refractivity contribution is 6.31. The van der Waals surface area contributed by atoms with Gasteiger partial charge in [0.05, 0.1) is 4.92 Å². The Labute approximate surface area is 125 Å². The lowest BCUT2D eigenvalue weighted by molar-refractivity contribution is -0.383. The van der Waals surface area contributed by atoms with Crippen LogP contribution in [0.1, 0.15) is 6.92 Å². The Morgan fingerprint density at radius 3 is 2.33 bits per heavy atom. The van der Waals surface area contributed by atoms with Crippen LogP contribution >= 0.6 is 11.6 Å². The number of halogens is 1. The van der Waals surface area contributed by atoms with Crippen LogP contribution in [0.4, 0.5) is 22.7 Å². The van der Waals surface area contributed by atoms with E-state index in [9.17, 15) is 14.9 Å². The number of nitrogens with zero attached hydrogens (tertiary/aromatic N) is 1. The maximum absolute atomic E-state index is 11.0.